The van der Waals surface area contributed by atoms with Crippen LogP contribution in [0, 0.1) is 11.3 Å². The highest BCUT2D eigenvalue weighted by Gasteiger charge is 2.13. The van der Waals surface area contributed by atoms with Crippen LogP contribution in [0.3, 0.4) is 0 Å². The van der Waals surface area contributed by atoms with E-state index in [4.69, 9.17) is 16.3 Å². The molecule has 0 aliphatic carbocycles. The lowest BCUT2D eigenvalue weighted by Gasteiger charge is -2.12. The summed E-state index contributed by atoms with van der Waals surface area (Å²) in [7, 11) is 1.64. The van der Waals surface area contributed by atoms with Crippen molar-refractivity contribution < 1.29 is 4.74 Å². The van der Waals surface area contributed by atoms with E-state index in [0.717, 1.165) is 16.9 Å². The fourth-order valence-corrected chi connectivity index (χ4v) is 2.15. The van der Waals surface area contributed by atoms with Crippen LogP contribution in [0.4, 0.5) is 0 Å². The Kier molecular flexibility index (Phi) is 4.43. The zero-order valence-electron chi connectivity index (χ0n) is 10.6. The van der Waals surface area contributed by atoms with Crippen molar-refractivity contribution in [2.24, 2.45) is 0 Å². The molecular weight excluding hydrogens is 258 g/mol. The number of ether oxygens (including phenoxy) is 1. The van der Waals surface area contributed by atoms with Crippen molar-refractivity contribution >= 4 is 11.6 Å². The fourth-order valence-electron chi connectivity index (χ4n) is 2.02. The average molecular weight is 272 g/mol. The minimum atomic E-state index is -0.200. The molecule has 19 heavy (non-hydrogen) atoms. The van der Waals surface area contributed by atoms with Gasteiger partial charge in [-0.2, -0.15) is 5.26 Å². The molecule has 1 atom stereocenters. The Morgan fingerprint density at radius 1 is 1.16 bits per heavy atom. The van der Waals surface area contributed by atoms with E-state index < -0.39 is 0 Å². The minimum Gasteiger partial charge on any atom is -0.496 e. The summed E-state index contributed by atoms with van der Waals surface area (Å²) in [6.07, 6.45) is 0.627. The van der Waals surface area contributed by atoms with E-state index >= 15 is 0 Å². The molecule has 0 saturated carbocycles. The van der Waals surface area contributed by atoms with Gasteiger partial charge in [-0.3, -0.25) is 0 Å². The average Bonchev–Trinajstić information content (AvgIpc) is 2.46. The molecule has 0 heterocycles. The third-order valence-corrected chi connectivity index (χ3v) is 3.30. The second kappa shape index (κ2) is 6.26. The van der Waals surface area contributed by atoms with E-state index in [1.165, 1.54) is 0 Å². The van der Waals surface area contributed by atoms with E-state index in [2.05, 4.69) is 6.07 Å². The summed E-state index contributed by atoms with van der Waals surface area (Å²) >= 11 is 5.86. The Morgan fingerprint density at radius 2 is 1.84 bits per heavy atom. The minimum absolute atomic E-state index is 0.200. The van der Waals surface area contributed by atoms with Crippen molar-refractivity contribution in [3.63, 3.8) is 0 Å². The van der Waals surface area contributed by atoms with Crippen LogP contribution in [0.2, 0.25) is 5.02 Å². The SMILES string of the molecule is COc1ccccc1CC(C#N)c1ccc(Cl)cc1. The van der Waals surface area contributed by atoms with Gasteiger partial charge in [0.15, 0.2) is 0 Å². The van der Waals surface area contributed by atoms with Gasteiger partial charge < -0.3 is 4.74 Å². The smallest absolute Gasteiger partial charge is 0.122 e. The molecule has 0 spiro atoms. The lowest BCUT2D eigenvalue weighted by molar-refractivity contribution is 0.409. The molecule has 2 aromatic carbocycles. The number of hydrogen-bond donors (Lipinski definition) is 0. The van der Waals surface area contributed by atoms with Gasteiger partial charge in [0.1, 0.15) is 5.75 Å². The summed E-state index contributed by atoms with van der Waals surface area (Å²) in [5.74, 6) is 0.616. The molecule has 96 valence electrons. The molecule has 0 saturated heterocycles. The molecule has 1 unspecified atom stereocenters. The van der Waals surface area contributed by atoms with Crippen LogP contribution in [0.5, 0.6) is 5.75 Å². The van der Waals surface area contributed by atoms with Gasteiger partial charge in [0, 0.05) is 5.02 Å². The number of hydrogen-bond acceptors (Lipinski definition) is 2. The first kappa shape index (κ1) is 13.5. The predicted octanol–water partition coefficient (Wildman–Crippen LogP) is 4.20. The van der Waals surface area contributed by atoms with Crippen LogP contribution in [-0.4, -0.2) is 7.11 Å². The van der Waals surface area contributed by atoms with Gasteiger partial charge in [-0.1, -0.05) is 41.9 Å². The van der Waals surface area contributed by atoms with Crippen molar-refractivity contribution in [1.29, 1.82) is 5.26 Å². The van der Waals surface area contributed by atoms with Crippen LogP contribution in [0.15, 0.2) is 48.5 Å². The Labute approximate surface area is 118 Å². The summed E-state index contributed by atoms with van der Waals surface area (Å²) in [5, 5.41) is 10.0. The molecule has 0 radical (unpaired) electrons. The number of nitrogens with zero attached hydrogens (tertiary/aromatic N) is 1. The lowest BCUT2D eigenvalue weighted by atomic mass is 9.93. The highest BCUT2D eigenvalue weighted by Crippen LogP contribution is 2.26. The highest BCUT2D eigenvalue weighted by molar-refractivity contribution is 6.30. The van der Waals surface area contributed by atoms with Gasteiger partial charge in [0.05, 0.1) is 19.1 Å². The molecule has 0 fully saturated rings. The maximum atomic E-state index is 9.35. The Morgan fingerprint density at radius 3 is 2.47 bits per heavy atom. The van der Waals surface area contributed by atoms with Crippen LogP contribution in [0.25, 0.3) is 0 Å². The Balaban J connectivity index is 2.24. The van der Waals surface area contributed by atoms with Gasteiger partial charge >= 0.3 is 0 Å². The van der Waals surface area contributed by atoms with E-state index in [0.29, 0.717) is 11.4 Å². The molecule has 2 aromatic rings. The first-order chi connectivity index (χ1) is 9.24. The molecule has 0 N–H and O–H groups in total. The number of nitriles is 1. The first-order valence-corrected chi connectivity index (χ1v) is 6.39. The maximum Gasteiger partial charge on any atom is 0.122 e. The van der Waals surface area contributed by atoms with Gasteiger partial charge in [-0.25, -0.2) is 0 Å². The van der Waals surface area contributed by atoms with Crippen LogP contribution >= 0.6 is 11.6 Å². The molecule has 0 bridgehead atoms. The van der Waals surface area contributed by atoms with Crippen LogP contribution in [-0.2, 0) is 6.42 Å². The Hall–Kier alpha value is -1.98. The maximum absolute atomic E-state index is 9.35. The molecule has 2 nitrogen and oxygen atoms in total. The van der Waals surface area contributed by atoms with Gasteiger partial charge in [0.2, 0.25) is 0 Å². The summed E-state index contributed by atoms with van der Waals surface area (Å²) < 4.78 is 5.32. The lowest BCUT2D eigenvalue weighted by Crippen LogP contribution is -2.02. The number of rotatable bonds is 4. The Bertz CT molecular complexity index is 586. The summed E-state index contributed by atoms with van der Waals surface area (Å²) in [6, 6.07) is 17.5. The summed E-state index contributed by atoms with van der Waals surface area (Å²) in [4.78, 5) is 0. The molecule has 0 aromatic heterocycles. The summed E-state index contributed by atoms with van der Waals surface area (Å²) in [5.41, 5.74) is 2.00. The van der Waals surface area contributed by atoms with Gasteiger partial charge in [-0.15, -0.1) is 0 Å². The number of benzene rings is 2. The van der Waals surface area contributed by atoms with Crippen LogP contribution < -0.4 is 4.74 Å². The molecule has 0 aliphatic rings. The molecular formula is C16H14ClNO. The molecule has 2 rings (SSSR count). The van der Waals surface area contributed by atoms with E-state index in [1.54, 1.807) is 7.11 Å². The topological polar surface area (TPSA) is 33.0 Å². The predicted molar refractivity (Wildman–Crippen MR) is 76.5 cm³/mol. The number of para-hydroxylation sites is 1. The standard InChI is InChI=1S/C16H14ClNO/c1-19-16-5-3-2-4-13(16)10-14(11-18)12-6-8-15(17)9-7-12/h2-9,14H,10H2,1H3. The second-order valence-corrected chi connectivity index (χ2v) is 4.69. The van der Waals surface area contributed by atoms with Crippen LogP contribution in [0.1, 0.15) is 17.0 Å². The van der Waals surface area contributed by atoms with Crippen molar-refractivity contribution in [3.8, 4) is 11.8 Å². The molecule has 0 aliphatic heterocycles. The van der Waals surface area contributed by atoms with Crippen molar-refractivity contribution in [2.45, 2.75) is 12.3 Å². The zero-order valence-corrected chi connectivity index (χ0v) is 11.4. The third-order valence-electron chi connectivity index (χ3n) is 3.04. The third kappa shape index (κ3) is 3.27. The fraction of sp³-hybridized carbons (Fsp3) is 0.188. The normalized spacial score (nSPS) is 11.6. The molecule has 3 heteroatoms. The largest absolute Gasteiger partial charge is 0.496 e. The highest BCUT2D eigenvalue weighted by atomic mass is 35.5. The zero-order chi connectivity index (χ0) is 13.7. The van der Waals surface area contributed by atoms with E-state index in [1.807, 2.05) is 48.5 Å². The monoisotopic (exact) mass is 271 g/mol. The quantitative estimate of drug-likeness (QED) is 0.835. The van der Waals surface area contributed by atoms with E-state index in [9.17, 15) is 5.26 Å². The van der Waals surface area contributed by atoms with Gasteiger partial charge in [0.25, 0.3) is 0 Å². The molecule has 0 amide bonds. The second-order valence-electron chi connectivity index (χ2n) is 4.25. The summed E-state index contributed by atoms with van der Waals surface area (Å²) in [6.45, 7) is 0. The number of methoxy groups -OCH3 is 1. The van der Waals surface area contributed by atoms with Crippen molar-refractivity contribution in [1.82, 2.24) is 0 Å². The van der Waals surface area contributed by atoms with Gasteiger partial charge in [-0.05, 0) is 35.7 Å². The van der Waals surface area contributed by atoms with Crippen molar-refractivity contribution in [3.05, 3.63) is 64.7 Å². The number of halogens is 1. The van der Waals surface area contributed by atoms with Crippen molar-refractivity contribution in [2.75, 3.05) is 7.11 Å². The first-order valence-electron chi connectivity index (χ1n) is 6.01. The van der Waals surface area contributed by atoms with E-state index in [-0.39, 0.29) is 5.92 Å².